The van der Waals surface area contributed by atoms with Crippen LogP contribution >= 0.6 is 0 Å². The van der Waals surface area contributed by atoms with Crippen LogP contribution in [0.15, 0.2) is 72.8 Å². The van der Waals surface area contributed by atoms with E-state index in [0.717, 1.165) is 55.8 Å². The topological polar surface area (TPSA) is 43.9 Å². The van der Waals surface area contributed by atoms with Crippen LogP contribution in [0.4, 0.5) is 11.4 Å². The molecule has 5 nitrogen and oxygen atoms in total. The quantitative estimate of drug-likeness (QED) is 0.389. The van der Waals surface area contributed by atoms with Crippen molar-refractivity contribution in [1.82, 2.24) is 4.90 Å². The number of nitrogens with zero attached hydrogens (tertiary/aromatic N) is 3. The number of likely N-dealkylation sites (tertiary alicyclic amines) is 1. The number of benzene rings is 3. The molecule has 0 bridgehead atoms. The normalized spacial score (nSPS) is 16.1. The minimum atomic E-state index is -0.0157. The van der Waals surface area contributed by atoms with Gasteiger partial charge in [0.15, 0.2) is 0 Å². The van der Waals surface area contributed by atoms with Crippen molar-refractivity contribution >= 4 is 29.3 Å². The summed E-state index contributed by atoms with van der Waals surface area (Å²) in [7, 11) is 0. The number of rotatable bonds is 6. The van der Waals surface area contributed by atoms with Crippen LogP contribution in [0.5, 0.6) is 0 Å². The second kappa shape index (κ2) is 11.4. The molecule has 3 aromatic rings. The predicted molar refractivity (Wildman–Crippen MR) is 155 cm³/mol. The van der Waals surface area contributed by atoms with Crippen molar-refractivity contribution in [2.75, 3.05) is 29.4 Å². The first-order chi connectivity index (χ1) is 18.4. The van der Waals surface area contributed by atoms with Gasteiger partial charge < -0.3 is 9.80 Å². The standard InChI is InChI=1S/C33H37N3O2/c1-24-19-25(2)21-28(20-24)9-12-33(38)36(31-11-10-29-13-18-35(26(3)37)32(29)22-31)30-14-16-34(17-15-30)23-27-7-5-4-6-8-27/h4-12,19-22,30H,13-18,23H2,1-3H3. The van der Waals surface area contributed by atoms with Gasteiger partial charge in [-0.15, -0.1) is 0 Å². The van der Waals surface area contributed by atoms with Crippen molar-refractivity contribution in [3.8, 4) is 0 Å². The Morgan fingerprint density at radius 3 is 2.32 bits per heavy atom. The summed E-state index contributed by atoms with van der Waals surface area (Å²) in [6, 6.07) is 23.2. The van der Waals surface area contributed by atoms with E-state index in [1.807, 2.05) is 21.9 Å². The summed E-state index contributed by atoms with van der Waals surface area (Å²) in [5.41, 5.74) is 7.69. The molecule has 0 N–H and O–H groups in total. The van der Waals surface area contributed by atoms with Crippen LogP contribution in [0, 0.1) is 13.8 Å². The van der Waals surface area contributed by atoms with Gasteiger partial charge in [-0.1, -0.05) is 65.7 Å². The van der Waals surface area contributed by atoms with E-state index in [9.17, 15) is 9.59 Å². The maximum absolute atomic E-state index is 13.8. The Hall–Kier alpha value is -3.70. The Balaban J connectivity index is 1.40. The number of hydrogen-bond acceptors (Lipinski definition) is 3. The number of anilines is 2. The number of hydrogen-bond donors (Lipinski definition) is 0. The number of aryl methyl sites for hydroxylation is 2. The molecule has 2 aliphatic rings. The van der Waals surface area contributed by atoms with Gasteiger partial charge in [0.2, 0.25) is 5.91 Å². The summed E-state index contributed by atoms with van der Waals surface area (Å²) in [4.78, 5) is 32.3. The Bertz CT molecular complexity index is 1320. The number of carbonyl (C=O) groups is 2. The SMILES string of the molecule is CC(=O)N1CCc2ccc(N(C(=O)C=Cc3cc(C)cc(C)c3)C3CCN(Cc4ccccc4)CC3)cc21. The summed E-state index contributed by atoms with van der Waals surface area (Å²) in [6.07, 6.45) is 6.30. The largest absolute Gasteiger partial charge is 0.312 e. The molecule has 1 fully saturated rings. The van der Waals surface area contributed by atoms with Crippen molar-refractivity contribution in [3.63, 3.8) is 0 Å². The lowest BCUT2D eigenvalue weighted by atomic mass is 10.00. The van der Waals surface area contributed by atoms with Gasteiger partial charge in [0.25, 0.3) is 5.91 Å². The van der Waals surface area contributed by atoms with Crippen LogP contribution in [-0.4, -0.2) is 42.4 Å². The van der Waals surface area contributed by atoms with Crippen LogP contribution in [-0.2, 0) is 22.6 Å². The van der Waals surface area contributed by atoms with Gasteiger partial charge in [-0.2, -0.15) is 0 Å². The van der Waals surface area contributed by atoms with E-state index in [0.29, 0.717) is 6.54 Å². The van der Waals surface area contributed by atoms with Crippen molar-refractivity contribution in [2.24, 2.45) is 0 Å². The molecule has 5 heteroatoms. The maximum atomic E-state index is 13.8. The zero-order valence-corrected chi connectivity index (χ0v) is 22.7. The molecule has 0 spiro atoms. The fourth-order valence-corrected chi connectivity index (χ4v) is 5.89. The van der Waals surface area contributed by atoms with Crippen LogP contribution in [0.3, 0.4) is 0 Å². The van der Waals surface area contributed by atoms with Crippen LogP contribution < -0.4 is 9.80 Å². The minimum absolute atomic E-state index is 0.0157. The molecule has 2 heterocycles. The molecule has 0 aliphatic carbocycles. The van der Waals surface area contributed by atoms with Gasteiger partial charge in [-0.3, -0.25) is 14.5 Å². The lowest BCUT2D eigenvalue weighted by molar-refractivity contribution is -0.116. The number of fused-ring (bicyclic) bond motifs is 1. The smallest absolute Gasteiger partial charge is 0.251 e. The van der Waals surface area contributed by atoms with Crippen LogP contribution in [0.1, 0.15) is 47.6 Å². The molecular weight excluding hydrogens is 470 g/mol. The van der Waals surface area contributed by atoms with Gasteiger partial charge in [-0.25, -0.2) is 0 Å². The Morgan fingerprint density at radius 1 is 0.921 bits per heavy atom. The molecule has 0 unspecified atom stereocenters. The summed E-state index contributed by atoms with van der Waals surface area (Å²) >= 11 is 0. The molecule has 38 heavy (non-hydrogen) atoms. The average Bonchev–Trinajstić information content (AvgIpc) is 3.33. The van der Waals surface area contributed by atoms with Gasteiger partial charge in [0.1, 0.15) is 0 Å². The summed E-state index contributed by atoms with van der Waals surface area (Å²) < 4.78 is 0. The number of amides is 2. The second-order valence-electron chi connectivity index (χ2n) is 10.7. The van der Waals surface area contributed by atoms with E-state index in [1.54, 1.807) is 13.0 Å². The molecule has 0 atom stereocenters. The van der Waals surface area contributed by atoms with Gasteiger partial charge in [0.05, 0.1) is 0 Å². The van der Waals surface area contributed by atoms with Crippen LogP contribution in [0.25, 0.3) is 6.08 Å². The molecule has 0 saturated carbocycles. The third-order valence-electron chi connectivity index (χ3n) is 7.69. The molecule has 3 aromatic carbocycles. The van der Waals surface area contributed by atoms with Crippen molar-refractivity contribution < 1.29 is 9.59 Å². The summed E-state index contributed by atoms with van der Waals surface area (Å²) in [5, 5.41) is 0. The summed E-state index contributed by atoms with van der Waals surface area (Å²) in [5.74, 6) is 0.0284. The molecule has 1 saturated heterocycles. The lowest BCUT2D eigenvalue weighted by Gasteiger charge is -2.38. The molecule has 5 rings (SSSR count). The summed E-state index contributed by atoms with van der Waals surface area (Å²) in [6.45, 7) is 9.27. The fraction of sp³-hybridized carbons (Fsp3) is 0.333. The first kappa shape index (κ1) is 25.9. The number of carbonyl (C=O) groups excluding carboxylic acids is 2. The second-order valence-corrected chi connectivity index (χ2v) is 10.7. The first-order valence-corrected chi connectivity index (χ1v) is 13.6. The lowest BCUT2D eigenvalue weighted by Crippen LogP contribution is -2.47. The Morgan fingerprint density at radius 2 is 1.63 bits per heavy atom. The highest BCUT2D eigenvalue weighted by molar-refractivity contribution is 6.05. The monoisotopic (exact) mass is 507 g/mol. The zero-order chi connectivity index (χ0) is 26.6. The van der Waals surface area contributed by atoms with Crippen LogP contribution in [0.2, 0.25) is 0 Å². The van der Waals surface area contributed by atoms with E-state index in [4.69, 9.17) is 0 Å². The molecule has 0 aromatic heterocycles. The first-order valence-electron chi connectivity index (χ1n) is 13.6. The third kappa shape index (κ3) is 5.89. The third-order valence-corrected chi connectivity index (χ3v) is 7.69. The highest BCUT2D eigenvalue weighted by Gasteiger charge is 2.30. The molecule has 2 amide bonds. The molecule has 2 aliphatic heterocycles. The fourth-order valence-electron chi connectivity index (χ4n) is 5.89. The molecule has 0 radical (unpaired) electrons. The Kier molecular flexibility index (Phi) is 7.75. The number of piperidine rings is 1. The zero-order valence-electron chi connectivity index (χ0n) is 22.7. The van der Waals surface area contributed by atoms with Crippen molar-refractivity contribution in [2.45, 2.75) is 52.6 Å². The van der Waals surface area contributed by atoms with E-state index < -0.39 is 0 Å². The van der Waals surface area contributed by atoms with E-state index in [-0.39, 0.29) is 17.9 Å². The van der Waals surface area contributed by atoms with Gasteiger partial charge in [0, 0.05) is 56.6 Å². The highest BCUT2D eigenvalue weighted by atomic mass is 16.2. The van der Waals surface area contributed by atoms with Crippen molar-refractivity contribution in [1.29, 1.82) is 0 Å². The van der Waals surface area contributed by atoms with E-state index >= 15 is 0 Å². The van der Waals surface area contributed by atoms with Gasteiger partial charge in [-0.05, 0) is 68.0 Å². The maximum Gasteiger partial charge on any atom is 0.251 e. The minimum Gasteiger partial charge on any atom is -0.312 e. The predicted octanol–water partition coefficient (Wildman–Crippen LogP) is 5.92. The van der Waals surface area contributed by atoms with Gasteiger partial charge >= 0.3 is 0 Å². The highest BCUT2D eigenvalue weighted by Crippen LogP contribution is 2.34. The Labute approximate surface area is 226 Å². The molecular formula is C33H37N3O2. The average molecular weight is 508 g/mol. The van der Waals surface area contributed by atoms with E-state index in [1.165, 1.54) is 22.3 Å². The van der Waals surface area contributed by atoms with E-state index in [2.05, 4.69) is 79.4 Å². The molecule has 196 valence electrons. The van der Waals surface area contributed by atoms with Crippen molar-refractivity contribution in [3.05, 3.63) is 101 Å².